The van der Waals surface area contributed by atoms with Crippen molar-refractivity contribution in [2.75, 3.05) is 0 Å². The second kappa shape index (κ2) is 2.59. The van der Waals surface area contributed by atoms with Crippen LogP contribution in [0.25, 0.3) is 0 Å². The van der Waals surface area contributed by atoms with Gasteiger partial charge in [0.1, 0.15) is 5.60 Å². The van der Waals surface area contributed by atoms with Crippen molar-refractivity contribution in [3.8, 4) is 0 Å². The lowest BCUT2D eigenvalue weighted by Crippen LogP contribution is -2.20. The number of esters is 1. The summed E-state index contributed by atoms with van der Waals surface area (Å²) < 4.78 is 5.24. The zero-order valence-corrected chi connectivity index (χ0v) is 7.83. The van der Waals surface area contributed by atoms with Crippen LogP contribution in [-0.2, 0) is 9.53 Å². The van der Waals surface area contributed by atoms with Gasteiger partial charge in [0.05, 0.1) is 5.57 Å². The summed E-state index contributed by atoms with van der Waals surface area (Å²) in [5.74, 6) is -0.206. The van der Waals surface area contributed by atoms with Gasteiger partial charge in [0.25, 0.3) is 0 Å². The maximum Gasteiger partial charge on any atom is 0.339 e. The highest BCUT2D eigenvalue weighted by atomic mass is 16.6. The molecule has 0 atom stereocenters. The van der Waals surface area contributed by atoms with Crippen LogP contribution in [0.15, 0.2) is 35.5 Å². The van der Waals surface area contributed by atoms with Gasteiger partial charge < -0.3 is 4.74 Å². The molecular formula is C11H12O2. The van der Waals surface area contributed by atoms with Gasteiger partial charge in [0.2, 0.25) is 0 Å². The third kappa shape index (κ3) is 1.22. The summed E-state index contributed by atoms with van der Waals surface area (Å²) in [6.45, 7) is 3.84. The molecule has 2 heteroatoms. The van der Waals surface area contributed by atoms with E-state index in [1.54, 1.807) is 0 Å². The van der Waals surface area contributed by atoms with Crippen molar-refractivity contribution >= 4 is 5.97 Å². The van der Waals surface area contributed by atoms with Gasteiger partial charge in [0, 0.05) is 5.57 Å². The molecule has 68 valence electrons. The van der Waals surface area contributed by atoms with Crippen molar-refractivity contribution < 1.29 is 9.53 Å². The Bertz CT molecular complexity index is 343. The summed E-state index contributed by atoms with van der Waals surface area (Å²) in [4.78, 5) is 11.4. The smallest absolute Gasteiger partial charge is 0.339 e. The molecule has 1 saturated heterocycles. The van der Waals surface area contributed by atoms with Crippen LogP contribution in [0, 0.1) is 0 Å². The molecule has 0 N–H and O–H groups in total. The number of cyclic esters (lactones) is 1. The van der Waals surface area contributed by atoms with Crippen LogP contribution in [0.3, 0.4) is 0 Å². The molecule has 0 radical (unpaired) electrons. The van der Waals surface area contributed by atoms with Crippen molar-refractivity contribution in [3.63, 3.8) is 0 Å². The van der Waals surface area contributed by atoms with E-state index in [4.69, 9.17) is 4.74 Å². The number of rotatable bonds is 0. The predicted octanol–water partition coefficient (Wildman–Crippen LogP) is 2.13. The third-order valence-corrected chi connectivity index (χ3v) is 2.36. The van der Waals surface area contributed by atoms with Gasteiger partial charge >= 0.3 is 5.97 Å². The van der Waals surface area contributed by atoms with E-state index in [2.05, 4.69) is 6.08 Å². The number of hydrogen-bond donors (Lipinski definition) is 0. The second-order valence-electron chi connectivity index (χ2n) is 3.76. The van der Waals surface area contributed by atoms with E-state index in [0.717, 1.165) is 12.0 Å². The van der Waals surface area contributed by atoms with Gasteiger partial charge in [-0.25, -0.2) is 4.79 Å². The van der Waals surface area contributed by atoms with Gasteiger partial charge in [-0.3, -0.25) is 0 Å². The number of allylic oxidation sites excluding steroid dienone is 4. The van der Waals surface area contributed by atoms with Crippen LogP contribution in [0.1, 0.15) is 20.3 Å². The van der Waals surface area contributed by atoms with E-state index in [-0.39, 0.29) is 5.97 Å². The molecule has 0 saturated carbocycles. The van der Waals surface area contributed by atoms with E-state index in [0.29, 0.717) is 5.57 Å². The molecule has 1 aliphatic heterocycles. The molecule has 0 bridgehead atoms. The molecule has 1 aliphatic carbocycles. The van der Waals surface area contributed by atoms with Crippen LogP contribution in [0.4, 0.5) is 0 Å². The number of fused-ring (bicyclic) bond motifs is 1. The third-order valence-electron chi connectivity index (χ3n) is 2.36. The number of carbonyl (C=O) groups excluding carboxylic acids is 1. The molecule has 0 aromatic carbocycles. The molecule has 0 spiro atoms. The fourth-order valence-corrected chi connectivity index (χ4v) is 1.72. The molecule has 0 unspecified atom stereocenters. The standard InChI is InChI=1S/C11H12O2/c1-11(2)9-7-5-3-4-6-8(9)10(12)13-11/h3-4,6-7H,5H2,1-2H3. The lowest BCUT2D eigenvalue weighted by atomic mass is 9.94. The fourth-order valence-electron chi connectivity index (χ4n) is 1.72. The van der Waals surface area contributed by atoms with E-state index >= 15 is 0 Å². The summed E-state index contributed by atoms with van der Waals surface area (Å²) in [6.07, 6.45) is 8.69. The molecule has 2 aliphatic rings. The van der Waals surface area contributed by atoms with Crippen molar-refractivity contribution in [2.45, 2.75) is 25.9 Å². The molecule has 2 rings (SSSR count). The summed E-state index contributed by atoms with van der Waals surface area (Å²) in [5, 5.41) is 0. The maximum atomic E-state index is 11.4. The van der Waals surface area contributed by atoms with Crippen molar-refractivity contribution in [1.29, 1.82) is 0 Å². The van der Waals surface area contributed by atoms with E-state index < -0.39 is 5.60 Å². The van der Waals surface area contributed by atoms with Crippen LogP contribution in [-0.4, -0.2) is 11.6 Å². The Kier molecular flexibility index (Phi) is 1.65. The highest BCUT2D eigenvalue weighted by Gasteiger charge is 2.40. The quantitative estimate of drug-likeness (QED) is 0.528. The summed E-state index contributed by atoms with van der Waals surface area (Å²) in [6, 6.07) is 0. The molecule has 1 fully saturated rings. The topological polar surface area (TPSA) is 26.3 Å². The van der Waals surface area contributed by atoms with Gasteiger partial charge in [-0.1, -0.05) is 18.2 Å². The molecule has 0 aromatic rings. The first kappa shape index (κ1) is 8.30. The summed E-state index contributed by atoms with van der Waals surface area (Å²) >= 11 is 0. The minimum Gasteiger partial charge on any atom is -0.451 e. The molecule has 0 aromatic heterocycles. The second-order valence-corrected chi connectivity index (χ2v) is 3.76. The van der Waals surface area contributed by atoms with Gasteiger partial charge in [-0.2, -0.15) is 0 Å². The van der Waals surface area contributed by atoms with E-state index in [1.807, 2.05) is 32.1 Å². The number of hydrogen-bond acceptors (Lipinski definition) is 2. The first-order valence-electron chi connectivity index (χ1n) is 4.42. The molecular weight excluding hydrogens is 164 g/mol. The van der Waals surface area contributed by atoms with Gasteiger partial charge in [-0.15, -0.1) is 0 Å². The number of carbonyl (C=O) groups is 1. The Morgan fingerprint density at radius 1 is 1.46 bits per heavy atom. The van der Waals surface area contributed by atoms with Gasteiger partial charge in [0.15, 0.2) is 0 Å². The van der Waals surface area contributed by atoms with Crippen LogP contribution in [0.5, 0.6) is 0 Å². The lowest BCUT2D eigenvalue weighted by molar-refractivity contribution is -0.142. The normalized spacial score (nSPS) is 24.3. The summed E-state index contributed by atoms with van der Waals surface area (Å²) in [5.41, 5.74) is 1.27. The molecule has 2 nitrogen and oxygen atoms in total. The van der Waals surface area contributed by atoms with Crippen LogP contribution in [0.2, 0.25) is 0 Å². The maximum absolute atomic E-state index is 11.4. The van der Waals surface area contributed by atoms with Crippen molar-refractivity contribution in [1.82, 2.24) is 0 Å². The highest BCUT2D eigenvalue weighted by Crippen LogP contribution is 2.36. The first-order chi connectivity index (χ1) is 6.11. The Labute approximate surface area is 77.6 Å². The first-order valence-corrected chi connectivity index (χ1v) is 4.42. The minimum absolute atomic E-state index is 0.206. The molecule has 1 heterocycles. The monoisotopic (exact) mass is 176 g/mol. The van der Waals surface area contributed by atoms with E-state index in [1.165, 1.54) is 0 Å². The SMILES string of the molecule is CC1(C)OC(=O)C2=CC=CCC=C21. The molecule has 0 amide bonds. The predicted molar refractivity (Wildman–Crippen MR) is 50.1 cm³/mol. The average Bonchev–Trinajstić information content (AvgIpc) is 2.28. The van der Waals surface area contributed by atoms with Crippen LogP contribution < -0.4 is 0 Å². The zero-order valence-electron chi connectivity index (χ0n) is 7.83. The number of ether oxygens (including phenoxy) is 1. The average molecular weight is 176 g/mol. The Morgan fingerprint density at radius 3 is 3.00 bits per heavy atom. The minimum atomic E-state index is -0.449. The lowest BCUT2D eigenvalue weighted by Gasteiger charge is -2.17. The Hall–Kier alpha value is -1.31. The van der Waals surface area contributed by atoms with Crippen LogP contribution >= 0.6 is 0 Å². The Morgan fingerprint density at radius 2 is 2.23 bits per heavy atom. The highest BCUT2D eigenvalue weighted by molar-refractivity contribution is 5.98. The summed E-state index contributed by atoms with van der Waals surface area (Å²) in [7, 11) is 0. The zero-order chi connectivity index (χ0) is 9.47. The van der Waals surface area contributed by atoms with Gasteiger partial charge in [-0.05, 0) is 26.3 Å². The van der Waals surface area contributed by atoms with Crippen molar-refractivity contribution in [3.05, 3.63) is 35.5 Å². The van der Waals surface area contributed by atoms with Crippen molar-refractivity contribution in [2.24, 2.45) is 0 Å². The Balaban J connectivity index is 2.52. The van der Waals surface area contributed by atoms with E-state index in [9.17, 15) is 4.79 Å². The largest absolute Gasteiger partial charge is 0.451 e. The fraction of sp³-hybridized carbons (Fsp3) is 0.364. The molecule has 13 heavy (non-hydrogen) atoms.